The summed E-state index contributed by atoms with van der Waals surface area (Å²) in [4.78, 5) is 1.53. The Morgan fingerprint density at radius 3 is 1.47 bits per heavy atom. The molecule has 0 unspecified atom stereocenters. The van der Waals surface area contributed by atoms with E-state index in [1.807, 2.05) is 65.9 Å². The lowest BCUT2D eigenvalue weighted by molar-refractivity contribution is 0.425. The molecular formula is C61H51BBrCl5FIO2S3. The molecule has 9 aromatic carbocycles. The Kier molecular flexibility index (Phi) is 20.5. The Morgan fingerprint density at radius 1 is 0.453 bits per heavy atom. The third-order valence-corrected chi connectivity index (χ3v) is 17.8. The van der Waals surface area contributed by atoms with Crippen LogP contribution in [0.3, 0.4) is 0 Å². The van der Waals surface area contributed by atoms with Crippen molar-refractivity contribution in [2.24, 2.45) is 0 Å². The van der Waals surface area contributed by atoms with Gasteiger partial charge in [-0.25, -0.2) is 0 Å². The Bertz CT molecular complexity index is 3730. The van der Waals surface area contributed by atoms with E-state index in [0.29, 0.717) is 10.4 Å². The van der Waals surface area contributed by atoms with Gasteiger partial charge in [-0.2, -0.15) is 0 Å². The van der Waals surface area contributed by atoms with Crippen molar-refractivity contribution in [3.8, 4) is 44.5 Å². The number of hydrogen-bond donors (Lipinski definition) is 4. The van der Waals surface area contributed by atoms with Crippen LogP contribution in [0, 0.1) is 0 Å². The first kappa shape index (κ1) is 59.1. The Labute approximate surface area is 505 Å². The first-order valence-corrected chi connectivity index (χ1v) is 27.7. The highest BCUT2D eigenvalue weighted by Gasteiger charge is 2.25. The van der Waals surface area contributed by atoms with E-state index in [-0.39, 0.29) is 37.5 Å². The summed E-state index contributed by atoms with van der Waals surface area (Å²) in [5.41, 5.74) is 18.4. The summed E-state index contributed by atoms with van der Waals surface area (Å²) >= 11 is 45.3. The van der Waals surface area contributed by atoms with E-state index in [2.05, 4.69) is 126 Å². The molecule has 2 nitrogen and oxygen atoms in total. The van der Waals surface area contributed by atoms with Crippen LogP contribution in [0.25, 0.3) is 64.7 Å². The van der Waals surface area contributed by atoms with Crippen LogP contribution in [0.4, 0.5) is 4.70 Å². The minimum Gasteiger partial charge on any atom is -0.423 e. The van der Waals surface area contributed by atoms with Crippen LogP contribution in [0.1, 0.15) is 42.2 Å². The molecule has 3 aliphatic carbocycles. The van der Waals surface area contributed by atoms with Crippen LogP contribution < -0.4 is 5.46 Å². The van der Waals surface area contributed by atoms with Gasteiger partial charge in [0.15, 0.2) is 0 Å². The zero-order chi connectivity index (χ0) is 50.2. The van der Waals surface area contributed by atoms with E-state index >= 15 is 0 Å². The van der Waals surface area contributed by atoms with Crippen LogP contribution in [0.5, 0.6) is 0 Å². The van der Waals surface area contributed by atoms with E-state index in [9.17, 15) is 0 Å². The normalized spacial score (nSPS) is 12.0. The maximum atomic E-state index is 8.71. The fourth-order valence-corrected chi connectivity index (χ4v) is 13.4. The molecule has 0 amide bonds. The highest BCUT2D eigenvalue weighted by atomic mass is 127. The van der Waals surface area contributed by atoms with Gasteiger partial charge in [-0.05, 0) is 199 Å². The Balaban J connectivity index is 0.000000167. The summed E-state index contributed by atoms with van der Waals surface area (Å²) in [6.07, 6.45) is 6.27. The molecule has 3 aliphatic rings. The van der Waals surface area contributed by atoms with E-state index in [4.69, 9.17) is 68.1 Å². The number of rotatable bonds is 2. The number of aryl methyl sites for hydroxylation is 6. The van der Waals surface area contributed by atoms with E-state index < -0.39 is 7.12 Å². The molecule has 2 N–H and O–H groups in total. The maximum Gasteiger partial charge on any atom is 0.489 e. The van der Waals surface area contributed by atoms with Gasteiger partial charge in [0, 0.05) is 67.1 Å². The Morgan fingerprint density at radius 2 is 0.907 bits per heavy atom. The van der Waals surface area contributed by atoms with Gasteiger partial charge in [-0.15, -0.1) is 60.6 Å². The summed E-state index contributed by atoms with van der Waals surface area (Å²) in [7, 11) is -1.42. The number of thiol groups is 2. The fourth-order valence-electron chi connectivity index (χ4n) is 10.1. The lowest BCUT2D eigenvalue weighted by atomic mass is 9.80. The van der Waals surface area contributed by atoms with Crippen molar-refractivity contribution >= 4 is 167 Å². The average Bonchev–Trinajstić information content (AvgIpc) is 3.77. The number of fused-ring (bicyclic) bond motifs is 13. The lowest BCUT2D eigenvalue weighted by Gasteiger charge is -2.24. The molecule has 0 radical (unpaired) electrons. The van der Waals surface area contributed by atoms with Crippen molar-refractivity contribution in [1.29, 1.82) is 0 Å². The second-order valence-corrected chi connectivity index (χ2v) is 22.7. The maximum absolute atomic E-state index is 8.71. The largest absolute Gasteiger partial charge is 0.489 e. The zero-order valence-corrected chi connectivity index (χ0v) is 49.5. The molecule has 0 saturated carbocycles. The van der Waals surface area contributed by atoms with Crippen LogP contribution in [0.2, 0.25) is 25.1 Å². The highest BCUT2D eigenvalue weighted by molar-refractivity contribution is 14.0. The van der Waals surface area contributed by atoms with Gasteiger partial charge in [0.2, 0.25) is 0 Å². The quantitative estimate of drug-likeness (QED) is 0.0791. The molecule has 75 heavy (non-hydrogen) atoms. The monoisotopic (exact) mass is 1320 g/mol. The fraction of sp³-hybridized carbons (Fsp3) is 0.115. The second kappa shape index (κ2) is 26.0. The highest BCUT2D eigenvalue weighted by Crippen LogP contribution is 2.48. The van der Waals surface area contributed by atoms with Crippen molar-refractivity contribution in [3.63, 3.8) is 0 Å². The molecule has 0 saturated heterocycles. The molecule has 13 rings (SSSR count). The van der Waals surface area contributed by atoms with Crippen LogP contribution in [-0.4, -0.2) is 17.2 Å². The first-order chi connectivity index (χ1) is 34.8. The zero-order valence-electron chi connectivity index (χ0n) is 39.2. The number of thiophene rings is 1. The van der Waals surface area contributed by atoms with Gasteiger partial charge in [-0.3, -0.25) is 4.70 Å². The molecule has 0 spiro atoms. The Hall–Kier alpha value is -3.53. The summed E-state index contributed by atoms with van der Waals surface area (Å²) in [5, 5.41) is 24.1. The van der Waals surface area contributed by atoms with Crippen molar-refractivity contribution in [2.75, 3.05) is 0 Å². The first-order valence-electron chi connectivity index (χ1n) is 23.3. The van der Waals surface area contributed by atoms with Gasteiger partial charge in [-0.1, -0.05) is 156 Å². The number of halogens is 8. The van der Waals surface area contributed by atoms with Gasteiger partial charge in [0.25, 0.3) is 0 Å². The predicted molar refractivity (Wildman–Crippen MR) is 346 cm³/mol. The molecule has 0 fully saturated rings. The van der Waals surface area contributed by atoms with Crippen molar-refractivity contribution in [3.05, 3.63) is 227 Å². The third kappa shape index (κ3) is 12.5. The molecule has 0 bridgehead atoms. The predicted octanol–water partition coefficient (Wildman–Crippen LogP) is 20.0. The summed E-state index contributed by atoms with van der Waals surface area (Å²) in [6, 6.07) is 55.0. The van der Waals surface area contributed by atoms with E-state index in [1.165, 1.54) is 86.9 Å². The third-order valence-electron chi connectivity index (χ3n) is 13.4. The van der Waals surface area contributed by atoms with Crippen molar-refractivity contribution in [2.45, 2.75) is 55.7 Å². The number of benzene rings is 9. The van der Waals surface area contributed by atoms with Crippen LogP contribution in [0.15, 0.2) is 178 Å². The van der Waals surface area contributed by atoms with Crippen LogP contribution >= 0.6 is 135 Å². The van der Waals surface area contributed by atoms with Crippen molar-refractivity contribution < 1.29 is 16.2 Å². The molecule has 384 valence electrons. The second-order valence-electron chi connectivity index (χ2n) is 17.8. The standard InChI is InChI=1S/C20H14Cl2S.C20H13ClS.C14H9BrCl2.C6H7BO2S.CH4.FH.HI.H2/c21-14-8-9-15-13(11-14)6-5-12-7-10-17(22)20(19(12)15)16-3-1-2-4-18(16)23;21-14-8-9-15-13(11-14)6-5-12-7-10-18-20(19(12)15)16-3-1-2-4-17(16)22-18;15-14-12(17)6-3-8-1-2-9-7-10(16)4-5-11(9)13(8)14;8-7(9)5-3-1-2-4-6(5)10;;;;/h1-4,7-11,23H,5-6H2;1-4,7-11H,5-6H2;3-7H,1-2H2;1-4,8-10H;1H4;3*1H. The van der Waals surface area contributed by atoms with Crippen LogP contribution in [-0.2, 0) is 38.5 Å². The van der Waals surface area contributed by atoms with Gasteiger partial charge in [0.1, 0.15) is 0 Å². The number of hydrogen-bond acceptors (Lipinski definition) is 5. The summed E-state index contributed by atoms with van der Waals surface area (Å²) in [5.74, 6) is 0. The van der Waals surface area contributed by atoms with Gasteiger partial charge >= 0.3 is 7.12 Å². The molecule has 1 aromatic heterocycles. The molecule has 1 heterocycles. The molecule has 0 atom stereocenters. The van der Waals surface area contributed by atoms with Gasteiger partial charge < -0.3 is 10.0 Å². The summed E-state index contributed by atoms with van der Waals surface area (Å²) < 4.78 is 3.73. The average molecular weight is 1330 g/mol. The lowest BCUT2D eigenvalue weighted by Crippen LogP contribution is -2.30. The van der Waals surface area contributed by atoms with Crippen molar-refractivity contribution in [1.82, 2.24) is 0 Å². The SMILES string of the molecule is C.Clc1ccc2c(c1)CCc1ccc(Cl)c(Br)c1-2.Clc1ccc2c(c1)CCc1ccc3sc4ccccc4c3c1-2.F.I.OB(O)c1ccccc1S.Sc1ccccc1-c1c(Cl)ccc2c1-c1ccc(Cl)cc1CC2.[HH]. The molecule has 0 aliphatic heterocycles. The smallest absolute Gasteiger partial charge is 0.423 e. The summed E-state index contributed by atoms with van der Waals surface area (Å²) in [6.45, 7) is 0. The molecule has 10 aromatic rings. The van der Waals surface area contributed by atoms with E-state index in [0.717, 1.165) is 84.1 Å². The van der Waals surface area contributed by atoms with E-state index in [1.54, 1.807) is 24.3 Å². The van der Waals surface area contributed by atoms with Gasteiger partial charge in [0.05, 0.1) is 5.02 Å². The molecular weight excluding hydrogens is 1270 g/mol. The topological polar surface area (TPSA) is 40.5 Å². The molecule has 14 heteroatoms. The minimum atomic E-state index is -1.42. The minimum absolute atomic E-state index is 0.